The zero-order valence-corrected chi connectivity index (χ0v) is 20.2. The summed E-state index contributed by atoms with van der Waals surface area (Å²) in [7, 11) is 1.87. The average molecular weight is 475 g/mol. The van der Waals surface area contributed by atoms with Gasteiger partial charge < -0.3 is 20.6 Å². The van der Waals surface area contributed by atoms with Crippen LogP contribution in [0.3, 0.4) is 0 Å². The average Bonchev–Trinajstić information content (AvgIpc) is 3.16. The van der Waals surface area contributed by atoms with Crippen LogP contribution >= 0.6 is 0 Å². The van der Waals surface area contributed by atoms with Crippen LogP contribution in [0.15, 0.2) is 47.5 Å². The predicted molar refractivity (Wildman–Crippen MR) is 137 cm³/mol. The maximum absolute atomic E-state index is 13.3. The summed E-state index contributed by atoms with van der Waals surface area (Å²) in [6.07, 6.45) is 4.27. The van der Waals surface area contributed by atoms with Crippen molar-refractivity contribution in [2.45, 2.75) is 32.9 Å². The van der Waals surface area contributed by atoms with E-state index in [1.54, 1.807) is 17.1 Å². The number of rotatable bonds is 7. The van der Waals surface area contributed by atoms with E-state index in [1.807, 2.05) is 48.7 Å². The Kier molecular flexibility index (Phi) is 6.23. The molecular weight excluding hydrogens is 444 g/mol. The summed E-state index contributed by atoms with van der Waals surface area (Å²) in [5, 5.41) is 16.5. The van der Waals surface area contributed by atoms with Crippen molar-refractivity contribution in [1.29, 1.82) is 0 Å². The highest BCUT2D eigenvalue weighted by Crippen LogP contribution is 2.24. The molecule has 0 amide bonds. The third-order valence-corrected chi connectivity index (χ3v) is 6.26. The van der Waals surface area contributed by atoms with Crippen LogP contribution in [0.5, 0.6) is 0 Å². The van der Waals surface area contributed by atoms with Crippen molar-refractivity contribution < 1.29 is 5.11 Å². The lowest BCUT2D eigenvalue weighted by Crippen LogP contribution is -2.25. The van der Waals surface area contributed by atoms with Crippen LogP contribution in [0.4, 0.5) is 17.5 Å². The molecule has 0 saturated heterocycles. The first kappa shape index (κ1) is 23.0. The molecule has 0 radical (unpaired) electrons. The van der Waals surface area contributed by atoms with Gasteiger partial charge in [0.05, 0.1) is 12.3 Å². The fraction of sp³-hybridized carbons (Fsp3) is 0.360. The fourth-order valence-corrected chi connectivity index (χ4v) is 4.47. The Balaban J connectivity index is 1.60. The Morgan fingerprint density at radius 3 is 2.86 bits per heavy atom. The third kappa shape index (κ3) is 4.38. The Morgan fingerprint density at radius 2 is 2.06 bits per heavy atom. The van der Waals surface area contributed by atoms with E-state index in [4.69, 9.17) is 4.98 Å². The Hall–Kier alpha value is -3.76. The van der Waals surface area contributed by atoms with Gasteiger partial charge in [0.25, 0.3) is 5.56 Å². The molecular formula is C25H30N8O2. The second-order valence-electron chi connectivity index (χ2n) is 9.04. The summed E-state index contributed by atoms with van der Waals surface area (Å²) < 4.78 is 3.51. The molecule has 5 rings (SSSR count). The molecule has 0 unspecified atom stereocenters. The molecule has 0 aliphatic carbocycles. The summed E-state index contributed by atoms with van der Waals surface area (Å²) >= 11 is 0. The number of aliphatic hydroxyl groups excluding tert-OH is 1. The molecule has 4 aromatic rings. The molecule has 1 aliphatic heterocycles. The SMILES string of the molecule is CC(C)n1c(=O)c2cnc(Nc3ccc4c(c3)CCNC4)nc2n1-c1ccnc(N(C)CCO)c1. The number of anilines is 3. The first-order valence-electron chi connectivity index (χ1n) is 11.8. The van der Waals surface area contributed by atoms with Crippen LogP contribution in [0, 0.1) is 0 Å². The van der Waals surface area contributed by atoms with Gasteiger partial charge in [0.15, 0.2) is 5.65 Å². The quantitative estimate of drug-likeness (QED) is 0.374. The molecule has 35 heavy (non-hydrogen) atoms. The highest BCUT2D eigenvalue weighted by atomic mass is 16.3. The molecule has 1 aromatic carbocycles. The van der Waals surface area contributed by atoms with Gasteiger partial charge in [-0.15, -0.1) is 0 Å². The van der Waals surface area contributed by atoms with Crippen LogP contribution in [0.2, 0.25) is 0 Å². The van der Waals surface area contributed by atoms with Gasteiger partial charge in [-0.25, -0.2) is 19.3 Å². The minimum absolute atomic E-state index is 0.0209. The van der Waals surface area contributed by atoms with Gasteiger partial charge in [-0.3, -0.25) is 4.79 Å². The van der Waals surface area contributed by atoms with Gasteiger partial charge in [-0.1, -0.05) is 6.07 Å². The minimum Gasteiger partial charge on any atom is -0.395 e. The summed E-state index contributed by atoms with van der Waals surface area (Å²) in [4.78, 5) is 28.8. The van der Waals surface area contributed by atoms with Crippen molar-refractivity contribution in [3.05, 3.63) is 64.2 Å². The molecule has 3 N–H and O–H groups in total. The molecule has 0 spiro atoms. The van der Waals surface area contributed by atoms with Gasteiger partial charge >= 0.3 is 0 Å². The molecule has 1 aliphatic rings. The van der Waals surface area contributed by atoms with E-state index in [9.17, 15) is 9.90 Å². The molecule has 10 heteroatoms. The Labute approximate surface area is 203 Å². The monoisotopic (exact) mass is 474 g/mol. The van der Waals surface area contributed by atoms with Crippen LogP contribution in [-0.2, 0) is 13.0 Å². The molecule has 182 valence electrons. The second kappa shape index (κ2) is 9.47. The van der Waals surface area contributed by atoms with E-state index >= 15 is 0 Å². The first-order valence-corrected chi connectivity index (χ1v) is 11.8. The lowest BCUT2D eigenvalue weighted by atomic mass is 10.0. The lowest BCUT2D eigenvalue weighted by Gasteiger charge is -2.19. The van der Waals surface area contributed by atoms with Crippen LogP contribution < -0.4 is 21.1 Å². The van der Waals surface area contributed by atoms with E-state index in [0.717, 1.165) is 30.9 Å². The lowest BCUT2D eigenvalue weighted by molar-refractivity contribution is 0.304. The molecule has 0 bridgehead atoms. The smallest absolute Gasteiger partial charge is 0.278 e. The highest BCUT2D eigenvalue weighted by Gasteiger charge is 2.20. The van der Waals surface area contributed by atoms with Gasteiger partial charge in [0, 0.05) is 50.3 Å². The number of benzene rings is 1. The van der Waals surface area contributed by atoms with E-state index < -0.39 is 0 Å². The van der Waals surface area contributed by atoms with Crippen molar-refractivity contribution in [3.8, 4) is 5.69 Å². The number of fused-ring (bicyclic) bond motifs is 2. The summed E-state index contributed by atoms with van der Waals surface area (Å²) in [5.74, 6) is 1.12. The van der Waals surface area contributed by atoms with Crippen molar-refractivity contribution >= 4 is 28.5 Å². The van der Waals surface area contributed by atoms with E-state index in [2.05, 4.69) is 32.7 Å². The van der Waals surface area contributed by atoms with E-state index in [0.29, 0.717) is 29.3 Å². The van der Waals surface area contributed by atoms with Gasteiger partial charge in [0.2, 0.25) is 5.95 Å². The van der Waals surface area contributed by atoms with Crippen molar-refractivity contribution in [1.82, 2.24) is 29.6 Å². The molecule has 3 aromatic heterocycles. The van der Waals surface area contributed by atoms with Crippen LogP contribution in [0.25, 0.3) is 16.7 Å². The molecule has 10 nitrogen and oxygen atoms in total. The normalized spacial score (nSPS) is 13.3. The van der Waals surface area contributed by atoms with Gasteiger partial charge in [-0.05, 0) is 56.1 Å². The van der Waals surface area contributed by atoms with E-state index in [1.165, 1.54) is 11.1 Å². The molecule has 0 saturated carbocycles. The maximum atomic E-state index is 13.3. The summed E-state index contributed by atoms with van der Waals surface area (Å²) in [6.45, 7) is 6.25. The number of likely N-dealkylation sites (N-methyl/N-ethyl adjacent to an activating group) is 1. The topological polar surface area (TPSA) is 113 Å². The Bertz CT molecular complexity index is 1430. The van der Waals surface area contributed by atoms with Gasteiger partial charge in [0.1, 0.15) is 11.2 Å². The standard InChI is InChI=1S/C25H30N8O2/c1-16(2)32-24(35)21-15-28-25(29-19-5-4-18-14-26-8-6-17(18)12-19)30-23(21)33(32)20-7-9-27-22(13-20)31(3)10-11-34/h4-5,7,9,12-13,15-16,26,34H,6,8,10-11,14H2,1-3H3,(H,28,29,30). The number of aromatic nitrogens is 5. The summed E-state index contributed by atoms with van der Waals surface area (Å²) in [6, 6.07) is 9.92. The van der Waals surface area contributed by atoms with Crippen LogP contribution in [0.1, 0.15) is 31.0 Å². The van der Waals surface area contributed by atoms with Crippen molar-refractivity contribution in [2.24, 2.45) is 0 Å². The first-order chi connectivity index (χ1) is 17.0. The minimum atomic E-state index is -0.148. The number of hydrogen-bond acceptors (Lipinski definition) is 8. The maximum Gasteiger partial charge on any atom is 0.278 e. The largest absolute Gasteiger partial charge is 0.395 e. The van der Waals surface area contributed by atoms with E-state index in [-0.39, 0.29) is 18.2 Å². The second-order valence-corrected chi connectivity index (χ2v) is 9.04. The zero-order valence-electron chi connectivity index (χ0n) is 20.2. The number of aliphatic hydroxyl groups is 1. The molecule has 0 atom stereocenters. The van der Waals surface area contributed by atoms with Crippen molar-refractivity contribution in [3.63, 3.8) is 0 Å². The molecule has 4 heterocycles. The van der Waals surface area contributed by atoms with Crippen LogP contribution in [-0.4, -0.2) is 56.2 Å². The molecule has 0 fully saturated rings. The number of pyridine rings is 1. The zero-order chi connectivity index (χ0) is 24.5. The predicted octanol–water partition coefficient (Wildman–Crippen LogP) is 2.38. The number of hydrogen-bond donors (Lipinski definition) is 3. The highest BCUT2D eigenvalue weighted by molar-refractivity contribution is 5.77. The van der Waals surface area contributed by atoms with Crippen molar-refractivity contribution in [2.75, 3.05) is 37.0 Å². The summed E-state index contributed by atoms with van der Waals surface area (Å²) in [5.41, 5.74) is 4.66. The van der Waals surface area contributed by atoms with Gasteiger partial charge in [-0.2, -0.15) is 4.98 Å². The fourth-order valence-electron chi connectivity index (χ4n) is 4.47. The number of nitrogens with one attached hydrogen (secondary N) is 2. The Morgan fingerprint density at radius 1 is 1.20 bits per heavy atom. The third-order valence-electron chi connectivity index (χ3n) is 6.26. The number of nitrogens with zero attached hydrogens (tertiary/aromatic N) is 6.